The Morgan fingerprint density at radius 2 is 1.96 bits per heavy atom. The van der Waals surface area contributed by atoms with Crippen LogP contribution < -0.4 is 5.32 Å². The number of hydrogen-bond acceptors (Lipinski definition) is 5. The second-order valence-electron chi connectivity index (χ2n) is 7.97. The van der Waals surface area contributed by atoms with Gasteiger partial charge in [0.05, 0.1) is 16.8 Å². The van der Waals surface area contributed by atoms with E-state index in [1.165, 1.54) is 45.3 Å². The minimum absolute atomic E-state index is 0.00334. The van der Waals surface area contributed by atoms with E-state index in [0.717, 1.165) is 30.0 Å². The zero-order valence-electron chi connectivity index (χ0n) is 15.9. The first-order valence-corrected chi connectivity index (χ1v) is 10.4. The van der Waals surface area contributed by atoms with Gasteiger partial charge in [-0.05, 0) is 76.6 Å². The van der Waals surface area contributed by atoms with Gasteiger partial charge in [0.1, 0.15) is 10.7 Å². The molecule has 2 aromatic heterocycles. The van der Waals surface area contributed by atoms with Crippen LogP contribution in [-0.4, -0.2) is 46.3 Å². The fourth-order valence-electron chi connectivity index (χ4n) is 4.48. The summed E-state index contributed by atoms with van der Waals surface area (Å²) in [5.74, 6) is 0.798. The lowest BCUT2D eigenvalue weighted by molar-refractivity contribution is 0.101. The fraction of sp³-hybridized carbons (Fsp3) is 0.571. The van der Waals surface area contributed by atoms with Crippen LogP contribution in [0.2, 0.25) is 5.15 Å². The molecule has 2 fully saturated rings. The number of carbonyl (C=O) groups is 1. The van der Waals surface area contributed by atoms with E-state index in [1.807, 2.05) is 6.07 Å². The van der Waals surface area contributed by atoms with Crippen molar-refractivity contribution in [3.8, 4) is 0 Å². The lowest BCUT2D eigenvalue weighted by Crippen LogP contribution is -2.33. The summed E-state index contributed by atoms with van der Waals surface area (Å²) in [6.07, 6.45) is 9.09. The molecule has 1 aliphatic carbocycles. The quantitative estimate of drug-likeness (QED) is 0.603. The zero-order chi connectivity index (χ0) is 18.8. The van der Waals surface area contributed by atoms with Gasteiger partial charge in [0.2, 0.25) is 0 Å². The second-order valence-corrected chi connectivity index (χ2v) is 8.36. The molecule has 0 spiro atoms. The van der Waals surface area contributed by atoms with Gasteiger partial charge in [0.15, 0.2) is 5.78 Å². The molecule has 0 radical (unpaired) electrons. The highest BCUT2D eigenvalue weighted by Gasteiger charge is 2.25. The summed E-state index contributed by atoms with van der Waals surface area (Å²) in [5, 5.41) is 4.04. The molecular weight excluding hydrogens is 360 g/mol. The highest BCUT2D eigenvalue weighted by molar-refractivity contribution is 6.30. The topological polar surface area (TPSA) is 58.1 Å². The Bertz CT molecular complexity index is 826. The molecule has 4 rings (SSSR count). The fourth-order valence-corrected chi connectivity index (χ4v) is 4.63. The maximum Gasteiger partial charge on any atom is 0.163 e. The number of anilines is 1. The maximum atomic E-state index is 12.1. The first-order valence-electron chi connectivity index (χ1n) is 10.1. The van der Waals surface area contributed by atoms with Crippen molar-refractivity contribution in [1.82, 2.24) is 14.9 Å². The first kappa shape index (κ1) is 18.6. The average Bonchev–Trinajstić information content (AvgIpc) is 3.16. The summed E-state index contributed by atoms with van der Waals surface area (Å²) >= 11 is 6.11. The van der Waals surface area contributed by atoms with Gasteiger partial charge in [-0.1, -0.05) is 11.6 Å². The van der Waals surface area contributed by atoms with Gasteiger partial charge in [-0.2, -0.15) is 0 Å². The van der Waals surface area contributed by atoms with Crippen molar-refractivity contribution in [3.05, 3.63) is 29.0 Å². The molecule has 0 unspecified atom stereocenters. The highest BCUT2D eigenvalue weighted by atomic mass is 35.5. The van der Waals surface area contributed by atoms with Crippen LogP contribution in [0.25, 0.3) is 11.0 Å². The van der Waals surface area contributed by atoms with Gasteiger partial charge in [-0.25, -0.2) is 4.98 Å². The van der Waals surface area contributed by atoms with Crippen LogP contribution in [0.15, 0.2) is 18.3 Å². The number of carbonyl (C=O) groups excluding carboxylic acids is 1. The Morgan fingerprint density at radius 3 is 2.67 bits per heavy atom. The number of hydrogen-bond donors (Lipinski definition) is 1. The van der Waals surface area contributed by atoms with Crippen LogP contribution >= 0.6 is 11.6 Å². The number of likely N-dealkylation sites (tertiary alicyclic amines) is 1. The highest BCUT2D eigenvalue weighted by Crippen LogP contribution is 2.32. The molecule has 0 atom stereocenters. The lowest BCUT2D eigenvalue weighted by Gasteiger charge is -2.32. The van der Waals surface area contributed by atoms with Crippen molar-refractivity contribution < 1.29 is 4.79 Å². The van der Waals surface area contributed by atoms with E-state index in [-0.39, 0.29) is 5.78 Å². The van der Waals surface area contributed by atoms with Crippen LogP contribution in [0, 0.1) is 5.92 Å². The van der Waals surface area contributed by atoms with Crippen LogP contribution in [0.5, 0.6) is 0 Å². The zero-order valence-corrected chi connectivity index (χ0v) is 16.6. The van der Waals surface area contributed by atoms with Gasteiger partial charge >= 0.3 is 0 Å². The van der Waals surface area contributed by atoms with Gasteiger partial charge in [-0.3, -0.25) is 9.78 Å². The van der Waals surface area contributed by atoms with E-state index in [4.69, 9.17) is 11.6 Å². The Labute approximate surface area is 165 Å². The molecule has 6 heteroatoms. The summed E-state index contributed by atoms with van der Waals surface area (Å²) in [7, 11) is 0. The predicted octanol–water partition coefficient (Wildman–Crippen LogP) is 4.55. The van der Waals surface area contributed by atoms with E-state index in [9.17, 15) is 4.79 Å². The smallest absolute Gasteiger partial charge is 0.163 e. The van der Waals surface area contributed by atoms with E-state index < -0.39 is 0 Å². The number of ketones is 1. The van der Waals surface area contributed by atoms with E-state index in [2.05, 4.69) is 20.2 Å². The number of aromatic nitrogens is 2. The van der Waals surface area contributed by atoms with Crippen molar-refractivity contribution in [2.24, 2.45) is 5.92 Å². The molecule has 2 aromatic rings. The SMILES string of the molecule is CC(=O)c1cnc2ccc(Cl)nc2c1NC1CCC(CN2CCCC2)CC1. The lowest BCUT2D eigenvalue weighted by atomic mass is 9.85. The number of fused-ring (bicyclic) bond motifs is 1. The van der Waals surface area contributed by atoms with Crippen molar-refractivity contribution in [2.45, 2.75) is 51.5 Å². The standard InChI is InChI=1S/C21H27ClN4O/c1-14(27)17-12-23-18-8-9-19(22)25-21(18)20(17)24-16-6-4-15(5-7-16)13-26-10-2-3-11-26/h8-9,12,15-16H,2-7,10-11,13H2,1H3,(H,23,24). The maximum absolute atomic E-state index is 12.1. The van der Waals surface area contributed by atoms with Crippen LogP contribution in [0.3, 0.4) is 0 Å². The summed E-state index contributed by atoms with van der Waals surface area (Å²) in [5.41, 5.74) is 2.83. The van der Waals surface area contributed by atoms with Crippen LogP contribution in [0.1, 0.15) is 55.8 Å². The molecule has 0 amide bonds. The summed E-state index contributed by atoms with van der Waals surface area (Å²) in [4.78, 5) is 23.6. The Kier molecular flexibility index (Phi) is 5.60. The van der Waals surface area contributed by atoms with Crippen molar-refractivity contribution in [3.63, 3.8) is 0 Å². The van der Waals surface area contributed by atoms with Gasteiger partial charge < -0.3 is 10.2 Å². The van der Waals surface area contributed by atoms with Crippen LogP contribution in [-0.2, 0) is 0 Å². The third-order valence-corrected chi connectivity index (χ3v) is 6.18. The summed E-state index contributed by atoms with van der Waals surface area (Å²) in [6.45, 7) is 5.37. The molecule has 27 heavy (non-hydrogen) atoms. The predicted molar refractivity (Wildman–Crippen MR) is 110 cm³/mol. The second kappa shape index (κ2) is 8.11. The molecule has 0 aromatic carbocycles. The number of nitrogens with zero attached hydrogens (tertiary/aromatic N) is 3. The van der Waals surface area contributed by atoms with Gasteiger partial charge in [-0.15, -0.1) is 0 Å². The van der Waals surface area contributed by atoms with Crippen molar-refractivity contribution in [2.75, 3.05) is 25.0 Å². The number of Topliss-reactive ketones (excluding diaryl/α,β-unsaturated/α-hetero) is 1. The minimum atomic E-state index is -0.00334. The monoisotopic (exact) mass is 386 g/mol. The van der Waals surface area contributed by atoms with Gasteiger partial charge in [0, 0.05) is 18.8 Å². The van der Waals surface area contributed by atoms with Gasteiger partial charge in [0.25, 0.3) is 0 Å². The van der Waals surface area contributed by atoms with Crippen LogP contribution in [0.4, 0.5) is 5.69 Å². The van der Waals surface area contributed by atoms with E-state index in [0.29, 0.717) is 22.3 Å². The molecule has 1 N–H and O–H groups in total. The van der Waals surface area contributed by atoms with Crippen molar-refractivity contribution in [1.29, 1.82) is 0 Å². The summed E-state index contributed by atoms with van der Waals surface area (Å²) < 4.78 is 0. The number of nitrogens with one attached hydrogen (secondary N) is 1. The Hall–Kier alpha value is -1.72. The third kappa shape index (κ3) is 4.25. The molecule has 5 nitrogen and oxygen atoms in total. The van der Waals surface area contributed by atoms with E-state index in [1.54, 1.807) is 19.2 Å². The Balaban J connectivity index is 1.49. The van der Waals surface area contributed by atoms with Crippen molar-refractivity contribution >= 4 is 34.1 Å². The molecule has 2 aliphatic rings. The molecule has 1 saturated carbocycles. The molecule has 3 heterocycles. The number of rotatable bonds is 5. The molecule has 144 valence electrons. The number of pyridine rings is 2. The normalized spacial score (nSPS) is 23.6. The largest absolute Gasteiger partial charge is 0.380 e. The Morgan fingerprint density at radius 1 is 1.22 bits per heavy atom. The molecule has 1 aliphatic heterocycles. The third-order valence-electron chi connectivity index (χ3n) is 5.97. The molecule has 0 bridgehead atoms. The number of halogens is 1. The molecule has 1 saturated heterocycles. The summed E-state index contributed by atoms with van der Waals surface area (Å²) in [6, 6.07) is 3.95. The minimum Gasteiger partial charge on any atom is -0.380 e. The first-order chi connectivity index (χ1) is 13.1. The molecular formula is C21H27ClN4O. The van der Waals surface area contributed by atoms with E-state index >= 15 is 0 Å². The average molecular weight is 387 g/mol.